The Balaban J connectivity index is 6.65. The fourth-order valence-corrected chi connectivity index (χ4v) is 6.21. The molecule has 1 nitrogen and oxygen atoms in total. The Bertz CT molecular complexity index is 544. The van der Waals surface area contributed by atoms with Gasteiger partial charge in [-0.15, -0.1) is 0 Å². The Kier molecular flexibility index (Phi) is 10.9. The maximum absolute atomic E-state index is 9.33. The average Bonchev–Trinajstić information content (AvgIpc) is 2.44. The Labute approximate surface area is 236 Å². The van der Waals surface area contributed by atoms with E-state index in [9.17, 15) is 5.11 Å². The van der Waals surface area contributed by atoms with Crippen molar-refractivity contribution in [2.24, 2.45) is 0 Å². The van der Waals surface area contributed by atoms with Crippen LogP contribution in [0, 0.1) is 0 Å². The van der Waals surface area contributed by atoms with E-state index in [2.05, 4.69) is 0 Å². The van der Waals surface area contributed by atoms with Gasteiger partial charge in [-0.25, -0.2) is 0 Å². The minimum absolute atomic E-state index is 1.06. The molecule has 0 aromatic heterocycles. The van der Waals surface area contributed by atoms with E-state index in [1.807, 2.05) is 0 Å². The van der Waals surface area contributed by atoms with E-state index in [0.717, 1.165) is 6.92 Å². The van der Waals surface area contributed by atoms with Gasteiger partial charge in [0, 0.05) is 0 Å². The van der Waals surface area contributed by atoms with E-state index in [1.165, 1.54) is 0 Å². The average molecular weight is 709 g/mol. The molecule has 164 valence electrons. The second kappa shape index (κ2) is 9.33. The predicted octanol–water partition coefficient (Wildman–Crippen LogP) is 9.39. The molecule has 0 unspecified atom stereocenters. The van der Waals surface area contributed by atoms with Gasteiger partial charge in [0.25, 0.3) is 0 Å². The van der Waals surface area contributed by atoms with Crippen molar-refractivity contribution in [1.29, 1.82) is 0 Å². The molecule has 0 aliphatic carbocycles. The van der Waals surface area contributed by atoms with Crippen LogP contribution in [0.15, 0.2) is 0 Å². The van der Waals surface area contributed by atoms with Crippen LogP contribution in [0.3, 0.4) is 0 Å². The first-order valence-corrected chi connectivity index (χ1v) is 12.0. The number of hydrogen-bond donors (Lipinski definition) is 1. The van der Waals surface area contributed by atoms with Crippen molar-refractivity contribution < 1.29 is 5.11 Å². The normalized spacial score (nSPS) is 16.7. The molecule has 0 bridgehead atoms. The number of halogens is 16. The summed E-state index contributed by atoms with van der Waals surface area (Å²) in [7, 11) is 0. The van der Waals surface area contributed by atoms with Gasteiger partial charge in [-0.3, -0.25) is 0 Å². The third-order valence-electron chi connectivity index (χ3n) is 3.18. The molecule has 0 heterocycles. The fraction of sp³-hybridized carbons (Fsp3) is 1.00. The minimum Gasteiger partial charge on any atom is -0.393 e. The Morgan fingerprint density at radius 3 is 0.889 bits per heavy atom. The predicted molar refractivity (Wildman–Crippen MR) is 128 cm³/mol. The van der Waals surface area contributed by atoms with Crippen molar-refractivity contribution in [1.82, 2.24) is 0 Å². The van der Waals surface area contributed by atoms with Crippen molar-refractivity contribution in [3.63, 3.8) is 0 Å². The standard InChI is InChI=1S/C10H6Cl16O/c1-3(11,12)5(15,16)7(19,20)9(23,24)10(25,26)8(21,22)6(17,18)4(13,14)2-27/h27H,2H2,1H3. The van der Waals surface area contributed by atoms with Gasteiger partial charge < -0.3 is 5.11 Å². The summed E-state index contributed by atoms with van der Waals surface area (Å²) >= 11 is 97.3. The molecular weight excluding hydrogens is 703 g/mol. The van der Waals surface area contributed by atoms with E-state index in [-0.39, 0.29) is 0 Å². The molecule has 17 heteroatoms. The second-order valence-corrected chi connectivity index (χ2v) is 16.4. The Hall–Kier alpha value is 4.60. The van der Waals surface area contributed by atoms with E-state index in [1.54, 1.807) is 0 Å². The first kappa shape index (κ1) is 31.6. The summed E-state index contributed by atoms with van der Waals surface area (Å²) in [4.78, 5) is 0. The van der Waals surface area contributed by atoms with Crippen LogP contribution in [0.4, 0.5) is 0 Å². The zero-order valence-corrected chi connectivity index (χ0v) is 24.3. The van der Waals surface area contributed by atoms with Crippen molar-refractivity contribution in [3.05, 3.63) is 0 Å². The van der Waals surface area contributed by atoms with E-state index >= 15 is 0 Å². The van der Waals surface area contributed by atoms with E-state index in [0.29, 0.717) is 0 Å². The molecule has 0 rings (SSSR count). The molecule has 0 spiro atoms. The highest BCUT2D eigenvalue weighted by atomic mass is 35.6. The lowest BCUT2D eigenvalue weighted by molar-refractivity contribution is 0.262. The fourth-order valence-electron chi connectivity index (χ4n) is 1.39. The van der Waals surface area contributed by atoms with Crippen molar-refractivity contribution in [3.8, 4) is 0 Å². The van der Waals surface area contributed by atoms with E-state index < -0.39 is 41.3 Å². The molecule has 1 N–H and O–H groups in total. The highest BCUT2D eigenvalue weighted by Crippen LogP contribution is 2.71. The van der Waals surface area contributed by atoms with Gasteiger partial charge >= 0.3 is 0 Å². The summed E-state index contributed by atoms with van der Waals surface area (Å²) in [5, 5.41) is 9.33. The molecule has 0 saturated heterocycles. The van der Waals surface area contributed by atoms with Gasteiger partial charge in [-0.1, -0.05) is 186 Å². The van der Waals surface area contributed by atoms with Crippen LogP contribution in [0.2, 0.25) is 0 Å². The largest absolute Gasteiger partial charge is 0.393 e. The van der Waals surface area contributed by atoms with Crippen LogP contribution >= 0.6 is 186 Å². The summed E-state index contributed by atoms with van der Waals surface area (Å²) in [6.07, 6.45) is 0. The monoisotopic (exact) mass is 702 g/mol. The molecular formula is C10H6Cl16O. The molecule has 0 radical (unpaired) electrons. The number of hydrogen-bond acceptors (Lipinski definition) is 1. The van der Waals surface area contributed by atoms with Gasteiger partial charge in [-0.05, 0) is 6.92 Å². The summed E-state index contributed by atoms with van der Waals surface area (Å²) in [6, 6.07) is 0. The van der Waals surface area contributed by atoms with Gasteiger partial charge in [0.05, 0.1) is 6.61 Å². The van der Waals surface area contributed by atoms with Crippen LogP contribution < -0.4 is 0 Å². The quantitative estimate of drug-likeness (QED) is 0.249. The lowest BCUT2D eigenvalue weighted by Gasteiger charge is -2.54. The summed E-state index contributed by atoms with van der Waals surface area (Å²) in [5.41, 5.74) is 0. The van der Waals surface area contributed by atoms with Gasteiger partial charge in [0.2, 0.25) is 0 Å². The minimum atomic E-state index is -2.95. The maximum Gasteiger partial charge on any atom is 0.189 e. The summed E-state index contributed by atoms with van der Waals surface area (Å²) in [5.74, 6) is 0. The number of rotatable bonds is 8. The zero-order valence-electron chi connectivity index (χ0n) is 12.2. The molecule has 0 amide bonds. The lowest BCUT2D eigenvalue weighted by atomic mass is 10.0. The topological polar surface area (TPSA) is 20.2 Å². The number of aliphatic hydroxyl groups is 1. The Morgan fingerprint density at radius 2 is 0.667 bits per heavy atom. The number of alkyl halides is 16. The second-order valence-electron chi connectivity index (χ2n) is 5.20. The summed E-state index contributed by atoms with van der Waals surface area (Å²) in [6.45, 7) is 0.0506. The maximum atomic E-state index is 9.33. The van der Waals surface area contributed by atoms with Crippen LogP contribution in [0.5, 0.6) is 0 Å². The van der Waals surface area contributed by atoms with Gasteiger partial charge in [0.1, 0.15) is 0 Å². The molecule has 0 aliphatic rings. The van der Waals surface area contributed by atoms with Crippen molar-refractivity contribution in [2.45, 2.75) is 41.6 Å². The van der Waals surface area contributed by atoms with Crippen LogP contribution in [0.1, 0.15) is 6.92 Å². The van der Waals surface area contributed by atoms with Crippen molar-refractivity contribution >= 4 is 186 Å². The molecule has 0 fully saturated rings. The Morgan fingerprint density at radius 1 is 0.444 bits per heavy atom. The highest BCUT2D eigenvalue weighted by molar-refractivity contribution is 6.80. The molecule has 0 saturated carbocycles. The molecule has 0 aliphatic heterocycles. The first-order valence-electron chi connectivity index (χ1n) is 5.94. The molecule has 27 heavy (non-hydrogen) atoms. The molecule has 0 aromatic rings. The zero-order chi connectivity index (χ0) is 22.7. The molecule has 0 atom stereocenters. The third-order valence-corrected chi connectivity index (χ3v) is 14.3. The van der Waals surface area contributed by atoms with Crippen LogP contribution in [-0.4, -0.2) is 46.4 Å². The van der Waals surface area contributed by atoms with Crippen LogP contribution in [-0.2, 0) is 0 Å². The van der Waals surface area contributed by atoms with Crippen LogP contribution in [0.25, 0.3) is 0 Å². The SMILES string of the molecule is CC(Cl)(Cl)C(Cl)(Cl)C(Cl)(Cl)C(Cl)(Cl)C(Cl)(Cl)C(Cl)(Cl)C(Cl)(Cl)C(Cl)(Cl)CO. The lowest BCUT2D eigenvalue weighted by Crippen LogP contribution is -2.70. The van der Waals surface area contributed by atoms with Gasteiger partial charge in [0.15, 0.2) is 34.7 Å². The molecule has 0 aromatic carbocycles. The van der Waals surface area contributed by atoms with Gasteiger partial charge in [-0.2, -0.15) is 0 Å². The first-order chi connectivity index (χ1) is 11.3. The van der Waals surface area contributed by atoms with E-state index in [4.69, 9.17) is 186 Å². The smallest absolute Gasteiger partial charge is 0.189 e. The number of aliphatic hydroxyl groups excluding tert-OH is 1. The summed E-state index contributed by atoms with van der Waals surface area (Å²) < 4.78 is -21.4. The van der Waals surface area contributed by atoms with Crippen molar-refractivity contribution in [2.75, 3.05) is 6.61 Å². The third kappa shape index (κ3) is 5.02. The highest BCUT2D eigenvalue weighted by Gasteiger charge is 2.80.